The smallest absolute Gasteiger partial charge is 0.213 e. The molecule has 1 aromatic rings. The Labute approximate surface area is 87.3 Å². The molecular formula is C12H21NO. The van der Waals surface area contributed by atoms with Gasteiger partial charge >= 0.3 is 0 Å². The summed E-state index contributed by atoms with van der Waals surface area (Å²) in [6.45, 7) is 8.95. The second kappa shape index (κ2) is 8.54. The lowest BCUT2D eigenvalue weighted by Crippen LogP contribution is -1.98. The Balaban J connectivity index is 0.000000791. The van der Waals surface area contributed by atoms with Crippen molar-refractivity contribution in [1.29, 1.82) is 0 Å². The zero-order valence-corrected chi connectivity index (χ0v) is 9.71. The van der Waals surface area contributed by atoms with Crippen LogP contribution in [0, 0.1) is 6.92 Å². The van der Waals surface area contributed by atoms with Crippen LogP contribution in [0.1, 0.15) is 39.2 Å². The predicted octanol–water partition coefficient (Wildman–Crippen LogP) is 3.60. The molecule has 1 rings (SSSR count). The third-order valence-electron chi connectivity index (χ3n) is 1.64. The molecule has 0 spiro atoms. The molecule has 0 fully saturated rings. The maximum absolute atomic E-state index is 5.42. The first-order chi connectivity index (χ1) is 6.83. The van der Waals surface area contributed by atoms with Crippen molar-refractivity contribution in [1.82, 2.24) is 4.98 Å². The Morgan fingerprint density at radius 3 is 2.64 bits per heavy atom. The fourth-order valence-electron chi connectivity index (χ4n) is 0.908. The van der Waals surface area contributed by atoms with E-state index in [1.165, 1.54) is 5.56 Å². The van der Waals surface area contributed by atoms with Gasteiger partial charge in [0.15, 0.2) is 0 Å². The van der Waals surface area contributed by atoms with Crippen LogP contribution in [0.3, 0.4) is 0 Å². The van der Waals surface area contributed by atoms with Crippen LogP contribution < -0.4 is 4.74 Å². The summed E-state index contributed by atoms with van der Waals surface area (Å²) in [6.07, 6.45) is 4.03. The Kier molecular flexibility index (Phi) is 7.90. The molecule has 80 valence electrons. The van der Waals surface area contributed by atoms with Crippen LogP contribution in [0.25, 0.3) is 0 Å². The fraction of sp³-hybridized carbons (Fsp3) is 0.583. The SMILES string of the molecule is CC.CCCCOc1cc(C)ccn1. The van der Waals surface area contributed by atoms with E-state index in [-0.39, 0.29) is 0 Å². The van der Waals surface area contributed by atoms with E-state index in [1.807, 2.05) is 32.9 Å². The van der Waals surface area contributed by atoms with Crippen LogP contribution in [0.5, 0.6) is 5.88 Å². The van der Waals surface area contributed by atoms with E-state index in [2.05, 4.69) is 11.9 Å². The maximum Gasteiger partial charge on any atom is 0.213 e. The fourth-order valence-corrected chi connectivity index (χ4v) is 0.908. The molecule has 1 heterocycles. The molecule has 0 saturated carbocycles. The van der Waals surface area contributed by atoms with Crippen molar-refractivity contribution in [2.75, 3.05) is 6.61 Å². The van der Waals surface area contributed by atoms with Crippen molar-refractivity contribution in [3.8, 4) is 5.88 Å². The molecule has 1 aromatic heterocycles. The highest BCUT2D eigenvalue weighted by atomic mass is 16.5. The minimum absolute atomic E-state index is 0.739. The van der Waals surface area contributed by atoms with E-state index in [0.717, 1.165) is 25.3 Å². The predicted molar refractivity (Wildman–Crippen MR) is 60.7 cm³/mol. The number of hydrogen-bond donors (Lipinski definition) is 0. The summed E-state index contributed by atoms with van der Waals surface area (Å²) in [5.41, 5.74) is 1.19. The second-order valence-electron chi connectivity index (χ2n) is 2.87. The first-order valence-corrected chi connectivity index (χ1v) is 5.38. The van der Waals surface area contributed by atoms with Gasteiger partial charge in [0.1, 0.15) is 0 Å². The van der Waals surface area contributed by atoms with E-state index in [1.54, 1.807) is 6.20 Å². The van der Waals surface area contributed by atoms with Crippen LogP contribution in [0.2, 0.25) is 0 Å². The van der Waals surface area contributed by atoms with Gasteiger partial charge in [0.2, 0.25) is 5.88 Å². The van der Waals surface area contributed by atoms with Gasteiger partial charge in [-0.05, 0) is 25.0 Å². The summed E-state index contributed by atoms with van der Waals surface area (Å²) in [5, 5.41) is 0. The third kappa shape index (κ3) is 5.57. The highest BCUT2D eigenvalue weighted by Gasteiger charge is 1.93. The Morgan fingerprint density at radius 1 is 1.36 bits per heavy atom. The highest BCUT2D eigenvalue weighted by Crippen LogP contribution is 2.08. The Morgan fingerprint density at radius 2 is 2.07 bits per heavy atom. The van der Waals surface area contributed by atoms with Crippen molar-refractivity contribution in [3.05, 3.63) is 23.9 Å². The average Bonchev–Trinajstić information content (AvgIpc) is 2.21. The molecular weight excluding hydrogens is 174 g/mol. The van der Waals surface area contributed by atoms with Gasteiger partial charge in [0.25, 0.3) is 0 Å². The summed E-state index contributed by atoms with van der Waals surface area (Å²) in [7, 11) is 0. The summed E-state index contributed by atoms with van der Waals surface area (Å²) in [6, 6.07) is 3.92. The zero-order valence-electron chi connectivity index (χ0n) is 9.71. The summed E-state index contributed by atoms with van der Waals surface area (Å²) < 4.78 is 5.42. The molecule has 0 N–H and O–H groups in total. The van der Waals surface area contributed by atoms with Crippen LogP contribution >= 0.6 is 0 Å². The van der Waals surface area contributed by atoms with E-state index in [4.69, 9.17) is 4.74 Å². The number of rotatable bonds is 4. The van der Waals surface area contributed by atoms with Crippen molar-refractivity contribution in [3.63, 3.8) is 0 Å². The number of unbranched alkanes of at least 4 members (excludes halogenated alkanes) is 1. The molecule has 0 aliphatic rings. The van der Waals surface area contributed by atoms with Gasteiger partial charge in [-0.3, -0.25) is 0 Å². The number of aryl methyl sites for hydroxylation is 1. The molecule has 0 aliphatic heterocycles. The van der Waals surface area contributed by atoms with E-state index < -0.39 is 0 Å². The van der Waals surface area contributed by atoms with Crippen LogP contribution in [0.15, 0.2) is 18.3 Å². The van der Waals surface area contributed by atoms with Gasteiger partial charge < -0.3 is 4.74 Å². The summed E-state index contributed by atoms with van der Waals surface area (Å²) >= 11 is 0. The lowest BCUT2D eigenvalue weighted by atomic mass is 10.3. The van der Waals surface area contributed by atoms with E-state index in [9.17, 15) is 0 Å². The number of pyridine rings is 1. The minimum atomic E-state index is 0.739. The number of aromatic nitrogens is 1. The molecule has 0 atom stereocenters. The molecule has 0 aromatic carbocycles. The topological polar surface area (TPSA) is 22.1 Å². The van der Waals surface area contributed by atoms with Crippen molar-refractivity contribution in [2.45, 2.75) is 40.5 Å². The molecule has 0 aliphatic carbocycles. The summed E-state index contributed by atoms with van der Waals surface area (Å²) in [5.74, 6) is 0.739. The maximum atomic E-state index is 5.42. The highest BCUT2D eigenvalue weighted by molar-refractivity contribution is 5.18. The largest absolute Gasteiger partial charge is 0.478 e. The lowest BCUT2D eigenvalue weighted by Gasteiger charge is -2.03. The van der Waals surface area contributed by atoms with Crippen molar-refractivity contribution >= 4 is 0 Å². The molecule has 2 nitrogen and oxygen atoms in total. The van der Waals surface area contributed by atoms with Crippen LogP contribution in [-0.2, 0) is 0 Å². The molecule has 0 unspecified atom stereocenters. The Bertz CT molecular complexity index is 236. The van der Waals surface area contributed by atoms with Gasteiger partial charge in [0, 0.05) is 12.3 Å². The van der Waals surface area contributed by atoms with Gasteiger partial charge in [0.05, 0.1) is 6.61 Å². The first kappa shape index (κ1) is 12.9. The standard InChI is InChI=1S/C10H15NO.C2H6/c1-3-4-7-12-10-8-9(2)5-6-11-10;1-2/h5-6,8H,3-4,7H2,1-2H3;1-2H3. The van der Waals surface area contributed by atoms with Crippen molar-refractivity contribution < 1.29 is 4.74 Å². The van der Waals surface area contributed by atoms with E-state index >= 15 is 0 Å². The summed E-state index contributed by atoms with van der Waals surface area (Å²) in [4.78, 5) is 4.09. The number of nitrogens with zero attached hydrogens (tertiary/aromatic N) is 1. The first-order valence-electron chi connectivity index (χ1n) is 5.38. The molecule has 2 heteroatoms. The van der Waals surface area contributed by atoms with Gasteiger partial charge in [-0.15, -0.1) is 0 Å². The van der Waals surface area contributed by atoms with Gasteiger partial charge in [-0.1, -0.05) is 27.2 Å². The van der Waals surface area contributed by atoms with Gasteiger partial charge in [-0.25, -0.2) is 4.98 Å². The third-order valence-corrected chi connectivity index (χ3v) is 1.64. The Hall–Kier alpha value is -1.05. The second-order valence-corrected chi connectivity index (χ2v) is 2.87. The lowest BCUT2D eigenvalue weighted by molar-refractivity contribution is 0.297. The number of hydrogen-bond acceptors (Lipinski definition) is 2. The quantitative estimate of drug-likeness (QED) is 0.685. The normalized spacial score (nSPS) is 8.86. The molecule has 14 heavy (non-hydrogen) atoms. The van der Waals surface area contributed by atoms with Crippen LogP contribution in [0.4, 0.5) is 0 Å². The molecule has 0 bridgehead atoms. The molecule has 0 saturated heterocycles. The van der Waals surface area contributed by atoms with E-state index in [0.29, 0.717) is 0 Å². The van der Waals surface area contributed by atoms with Crippen molar-refractivity contribution in [2.24, 2.45) is 0 Å². The average molecular weight is 195 g/mol. The zero-order chi connectivity index (χ0) is 10.8. The van der Waals surface area contributed by atoms with Crippen LogP contribution in [-0.4, -0.2) is 11.6 Å². The monoisotopic (exact) mass is 195 g/mol. The van der Waals surface area contributed by atoms with Gasteiger partial charge in [-0.2, -0.15) is 0 Å². The molecule has 0 amide bonds. The number of ether oxygens (including phenoxy) is 1. The minimum Gasteiger partial charge on any atom is -0.478 e. The molecule has 0 radical (unpaired) electrons.